The third-order valence-electron chi connectivity index (χ3n) is 4.89. The second-order valence-corrected chi connectivity index (χ2v) is 8.18. The zero-order valence-corrected chi connectivity index (χ0v) is 16.4. The Kier molecular flexibility index (Phi) is 6.03. The first kappa shape index (κ1) is 19.6. The highest BCUT2D eigenvalue weighted by Gasteiger charge is 2.32. The van der Waals surface area contributed by atoms with Gasteiger partial charge < -0.3 is 4.74 Å². The summed E-state index contributed by atoms with van der Waals surface area (Å²) in [5.41, 5.74) is 3.06. The van der Waals surface area contributed by atoms with Gasteiger partial charge in [-0.2, -0.15) is 0 Å². The average molecular weight is 362 g/mol. The standard InChI is InChI=1S/C20H27NO3S/c1-6-20(24-5,18-10-8-7-9-11-18)14-21-25(22,23)19-13-16(3)15(2)12-17(19)4/h7-13,21H,6,14H2,1-5H3. The predicted octanol–water partition coefficient (Wildman–Crippen LogP) is 3.84. The van der Waals surface area contributed by atoms with Crippen LogP contribution in [-0.4, -0.2) is 22.1 Å². The summed E-state index contributed by atoms with van der Waals surface area (Å²) in [6.45, 7) is 7.89. The number of methoxy groups -OCH3 is 1. The van der Waals surface area contributed by atoms with Crippen LogP contribution in [0.25, 0.3) is 0 Å². The molecule has 4 nitrogen and oxygen atoms in total. The molecule has 25 heavy (non-hydrogen) atoms. The van der Waals surface area contributed by atoms with Gasteiger partial charge >= 0.3 is 0 Å². The second-order valence-electron chi connectivity index (χ2n) is 6.44. The number of hydrogen-bond acceptors (Lipinski definition) is 3. The molecule has 0 aliphatic carbocycles. The fourth-order valence-electron chi connectivity index (χ4n) is 3.02. The van der Waals surface area contributed by atoms with E-state index in [9.17, 15) is 8.42 Å². The van der Waals surface area contributed by atoms with E-state index in [1.807, 2.05) is 64.1 Å². The Morgan fingerprint density at radius 2 is 1.60 bits per heavy atom. The Labute approximate surface area is 151 Å². The highest BCUT2D eigenvalue weighted by atomic mass is 32.2. The van der Waals surface area contributed by atoms with Crippen molar-refractivity contribution < 1.29 is 13.2 Å². The van der Waals surface area contributed by atoms with Crippen molar-refractivity contribution in [3.8, 4) is 0 Å². The highest BCUT2D eigenvalue weighted by molar-refractivity contribution is 7.89. The molecule has 5 heteroatoms. The van der Waals surface area contributed by atoms with Crippen LogP contribution in [-0.2, 0) is 20.4 Å². The molecule has 2 rings (SSSR count). The highest BCUT2D eigenvalue weighted by Crippen LogP contribution is 2.29. The van der Waals surface area contributed by atoms with Crippen molar-refractivity contribution in [2.75, 3.05) is 13.7 Å². The van der Waals surface area contributed by atoms with E-state index in [-0.39, 0.29) is 6.54 Å². The number of aryl methyl sites for hydroxylation is 3. The van der Waals surface area contributed by atoms with Crippen LogP contribution < -0.4 is 4.72 Å². The molecule has 0 saturated heterocycles. The molecule has 0 spiro atoms. The maximum absolute atomic E-state index is 12.9. The predicted molar refractivity (Wildman–Crippen MR) is 101 cm³/mol. The minimum Gasteiger partial charge on any atom is -0.372 e. The SMILES string of the molecule is CCC(CNS(=O)(=O)c1cc(C)c(C)cc1C)(OC)c1ccccc1. The molecule has 0 aliphatic rings. The smallest absolute Gasteiger partial charge is 0.240 e. The number of sulfonamides is 1. The summed E-state index contributed by atoms with van der Waals surface area (Å²) < 4.78 is 34.2. The van der Waals surface area contributed by atoms with E-state index in [1.54, 1.807) is 13.2 Å². The lowest BCUT2D eigenvalue weighted by molar-refractivity contribution is -0.0133. The van der Waals surface area contributed by atoms with Crippen LogP contribution in [0.2, 0.25) is 0 Å². The number of hydrogen-bond donors (Lipinski definition) is 1. The maximum atomic E-state index is 12.9. The number of nitrogens with one attached hydrogen (secondary N) is 1. The summed E-state index contributed by atoms with van der Waals surface area (Å²) in [6.07, 6.45) is 0.655. The van der Waals surface area contributed by atoms with Crippen molar-refractivity contribution in [1.29, 1.82) is 0 Å². The molecular formula is C20H27NO3S. The molecule has 0 radical (unpaired) electrons. The molecule has 0 fully saturated rings. The molecule has 0 heterocycles. The fourth-order valence-corrected chi connectivity index (χ4v) is 4.41. The number of rotatable bonds is 7. The van der Waals surface area contributed by atoms with Crippen molar-refractivity contribution in [1.82, 2.24) is 4.72 Å². The van der Waals surface area contributed by atoms with Crippen molar-refractivity contribution in [2.24, 2.45) is 0 Å². The van der Waals surface area contributed by atoms with Gasteiger partial charge in [0.25, 0.3) is 0 Å². The van der Waals surface area contributed by atoms with E-state index < -0.39 is 15.6 Å². The van der Waals surface area contributed by atoms with Crippen molar-refractivity contribution >= 4 is 10.0 Å². The Morgan fingerprint density at radius 1 is 1.00 bits per heavy atom. The van der Waals surface area contributed by atoms with Gasteiger partial charge in [0.05, 0.1) is 4.90 Å². The van der Waals surface area contributed by atoms with Gasteiger partial charge in [0.2, 0.25) is 10.0 Å². The molecule has 0 aliphatic heterocycles. The lowest BCUT2D eigenvalue weighted by Gasteiger charge is -2.32. The van der Waals surface area contributed by atoms with Crippen LogP contribution in [0.3, 0.4) is 0 Å². The normalized spacial score (nSPS) is 14.3. The van der Waals surface area contributed by atoms with Gasteiger partial charge in [-0.1, -0.05) is 43.3 Å². The van der Waals surface area contributed by atoms with Crippen LogP contribution in [0.5, 0.6) is 0 Å². The van der Waals surface area contributed by atoms with Gasteiger partial charge in [0.15, 0.2) is 0 Å². The van der Waals surface area contributed by atoms with Crippen molar-refractivity contribution in [2.45, 2.75) is 44.6 Å². The Morgan fingerprint density at radius 3 is 2.16 bits per heavy atom. The summed E-state index contributed by atoms with van der Waals surface area (Å²) in [4.78, 5) is 0.324. The molecule has 1 atom stereocenters. The van der Waals surface area contributed by atoms with Gasteiger partial charge in [-0.25, -0.2) is 13.1 Å². The number of ether oxygens (including phenoxy) is 1. The zero-order chi connectivity index (χ0) is 18.7. The first-order valence-corrected chi connectivity index (χ1v) is 9.92. The molecule has 0 bridgehead atoms. The molecule has 0 amide bonds. The minimum absolute atomic E-state index is 0.179. The van der Waals surface area contributed by atoms with Gasteiger partial charge in [-0.05, 0) is 55.5 Å². The first-order valence-electron chi connectivity index (χ1n) is 8.44. The third-order valence-corrected chi connectivity index (χ3v) is 6.43. The summed E-state index contributed by atoms with van der Waals surface area (Å²) in [5.74, 6) is 0. The molecule has 0 aromatic heterocycles. The first-order chi connectivity index (χ1) is 11.8. The molecule has 0 saturated carbocycles. The molecule has 2 aromatic rings. The van der Waals surface area contributed by atoms with Crippen molar-refractivity contribution in [3.05, 3.63) is 64.7 Å². The monoisotopic (exact) mass is 361 g/mol. The van der Waals surface area contributed by atoms with Crippen LogP contribution in [0.15, 0.2) is 47.4 Å². The van der Waals surface area contributed by atoms with Crippen LogP contribution in [0.1, 0.15) is 35.6 Å². The minimum atomic E-state index is -3.62. The van der Waals surface area contributed by atoms with E-state index in [2.05, 4.69) is 4.72 Å². The van der Waals surface area contributed by atoms with E-state index in [0.29, 0.717) is 11.3 Å². The van der Waals surface area contributed by atoms with E-state index in [0.717, 1.165) is 22.3 Å². The number of benzene rings is 2. The second kappa shape index (κ2) is 7.68. The fraction of sp³-hybridized carbons (Fsp3) is 0.400. The molecule has 2 aromatic carbocycles. The Bertz CT molecular complexity index is 826. The zero-order valence-electron chi connectivity index (χ0n) is 15.6. The Hall–Kier alpha value is -1.69. The summed E-state index contributed by atoms with van der Waals surface area (Å²) in [7, 11) is -2.00. The van der Waals surface area contributed by atoms with Crippen LogP contribution >= 0.6 is 0 Å². The summed E-state index contributed by atoms with van der Waals surface area (Å²) >= 11 is 0. The van der Waals surface area contributed by atoms with E-state index in [4.69, 9.17) is 4.74 Å². The quantitative estimate of drug-likeness (QED) is 0.815. The topological polar surface area (TPSA) is 55.4 Å². The van der Waals surface area contributed by atoms with Crippen molar-refractivity contribution in [3.63, 3.8) is 0 Å². The van der Waals surface area contributed by atoms with Crippen LogP contribution in [0.4, 0.5) is 0 Å². The lowest BCUT2D eigenvalue weighted by Crippen LogP contribution is -2.42. The largest absolute Gasteiger partial charge is 0.372 e. The lowest BCUT2D eigenvalue weighted by atomic mass is 9.91. The van der Waals surface area contributed by atoms with Gasteiger partial charge in [0.1, 0.15) is 5.60 Å². The van der Waals surface area contributed by atoms with E-state index >= 15 is 0 Å². The van der Waals surface area contributed by atoms with Gasteiger partial charge in [-0.3, -0.25) is 0 Å². The Balaban J connectivity index is 2.33. The molecule has 1 unspecified atom stereocenters. The van der Waals surface area contributed by atoms with Crippen LogP contribution in [0, 0.1) is 20.8 Å². The maximum Gasteiger partial charge on any atom is 0.240 e. The van der Waals surface area contributed by atoms with E-state index in [1.165, 1.54) is 0 Å². The molecule has 136 valence electrons. The summed E-state index contributed by atoms with van der Waals surface area (Å²) in [5, 5.41) is 0. The van der Waals surface area contributed by atoms with Gasteiger partial charge in [-0.15, -0.1) is 0 Å². The van der Waals surface area contributed by atoms with Gasteiger partial charge in [0, 0.05) is 13.7 Å². The third kappa shape index (κ3) is 4.11. The molecular weight excluding hydrogens is 334 g/mol. The average Bonchev–Trinajstić information content (AvgIpc) is 2.60. The molecule has 1 N–H and O–H groups in total. The summed E-state index contributed by atoms with van der Waals surface area (Å²) in [6, 6.07) is 13.4.